The second kappa shape index (κ2) is 8.09. The van der Waals surface area contributed by atoms with Crippen LogP contribution in [0.1, 0.15) is 18.6 Å². The van der Waals surface area contributed by atoms with Crippen LogP contribution in [0.2, 0.25) is 0 Å². The van der Waals surface area contributed by atoms with E-state index in [1.165, 1.54) is 12.3 Å². The Labute approximate surface area is 128 Å². The van der Waals surface area contributed by atoms with Crippen molar-refractivity contribution in [2.75, 3.05) is 18.5 Å². The van der Waals surface area contributed by atoms with E-state index in [9.17, 15) is 9.18 Å². The quantitative estimate of drug-likeness (QED) is 0.862. The largest absolute Gasteiger partial charge is 0.372 e. The van der Waals surface area contributed by atoms with Crippen LogP contribution in [0.3, 0.4) is 0 Å². The van der Waals surface area contributed by atoms with Gasteiger partial charge < -0.3 is 15.4 Å². The van der Waals surface area contributed by atoms with Crippen molar-refractivity contribution in [3.05, 3.63) is 60.2 Å². The molecule has 22 heavy (non-hydrogen) atoms. The molecule has 1 heterocycles. The fraction of sp³-hybridized carbons (Fsp3) is 0.250. The van der Waals surface area contributed by atoms with Crippen LogP contribution in [0.5, 0.6) is 0 Å². The van der Waals surface area contributed by atoms with Crippen LogP contribution >= 0.6 is 0 Å². The molecule has 1 aromatic heterocycles. The smallest absolute Gasteiger partial charge is 0.319 e. The number of ether oxygens (including phenoxy) is 1. The zero-order chi connectivity index (χ0) is 15.8. The SMILES string of the molecule is CCO[C@@H](CNC(=O)Nc1ccncc1F)c1ccccc1. The number of anilines is 1. The Morgan fingerprint density at radius 3 is 2.77 bits per heavy atom. The topological polar surface area (TPSA) is 63.2 Å². The fourth-order valence-electron chi connectivity index (χ4n) is 1.97. The molecule has 0 saturated heterocycles. The second-order valence-electron chi connectivity index (χ2n) is 4.55. The van der Waals surface area contributed by atoms with Crippen LogP contribution in [0.15, 0.2) is 48.8 Å². The minimum Gasteiger partial charge on any atom is -0.372 e. The average Bonchev–Trinajstić information content (AvgIpc) is 2.54. The summed E-state index contributed by atoms with van der Waals surface area (Å²) in [6, 6.07) is 10.5. The number of nitrogens with one attached hydrogen (secondary N) is 2. The van der Waals surface area contributed by atoms with Crippen LogP contribution in [0.25, 0.3) is 0 Å². The second-order valence-corrected chi connectivity index (χ2v) is 4.55. The van der Waals surface area contributed by atoms with E-state index in [4.69, 9.17) is 4.74 Å². The number of benzene rings is 1. The van der Waals surface area contributed by atoms with Gasteiger partial charge in [-0.3, -0.25) is 4.98 Å². The van der Waals surface area contributed by atoms with E-state index in [0.29, 0.717) is 6.61 Å². The summed E-state index contributed by atoms with van der Waals surface area (Å²) in [5.74, 6) is -0.581. The van der Waals surface area contributed by atoms with Gasteiger partial charge in [0.25, 0.3) is 0 Å². The van der Waals surface area contributed by atoms with Crippen LogP contribution in [0, 0.1) is 5.82 Å². The van der Waals surface area contributed by atoms with Gasteiger partial charge in [-0.25, -0.2) is 9.18 Å². The lowest BCUT2D eigenvalue weighted by molar-refractivity contribution is 0.0643. The number of hydrogen-bond donors (Lipinski definition) is 2. The number of carbonyl (C=O) groups is 1. The maximum absolute atomic E-state index is 13.4. The van der Waals surface area contributed by atoms with Crippen LogP contribution in [-0.4, -0.2) is 24.2 Å². The van der Waals surface area contributed by atoms with Crippen LogP contribution in [-0.2, 0) is 4.74 Å². The number of aromatic nitrogens is 1. The highest BCUT2D eigenvalue weighted by atomic mass is 19.1. The molecule has 1 aromatic carbocycles. The Hall–Kier alpha value is -2.47. The lowest BCUT2D eigenvalue weighted by atomic mass is 10.1. The first-order valence-electron chi connectivity index (χ1n) is 7.01. The molecular formula is C16H18FN3O2. The summed E-state index contributed by atoms with van der Waals surface area (Å²) in [5, 5.41) is 5.12. The van der Waals surface area contributed by atoms with E-state index in [1.54, 1.807) is 0 Å². The number of rotatable bonds is 6. The maximum Gasteiger partial charge on any atom is 0.319 e. The summed E-state index contributed by atoms with van der Waals surface area (Å²) in [6.07, 6.45) is 2.20. The molecule has 0 aliphatic heterocycles. The van der Waals surface area contributed by atoms with Crippen molar-refractivity contribution in [1.29, 1.82) is 0 Å². The number of hydrogen-bond acceptors (Lipinski definition) is 3. The van der Waals surface area contributed by atoms with Gasteiger partial charge in [0, 0.05) is 19.3 Å². The Kier molecular flexibility index (Phi) is 5.85. The highest BCUT2D eigenvalue weighted by Crippen LogP contribution is 2.16. The number of pyridine rings is 1. The Morgan fingerprint density at radius 2 is 2.09 bits per heavy atom. The summed E-state index contributed by atoms with van der Waals surface area (Å²) in [6.45, 7) is 2.71. The Morgan fingerprint density at radius 1 is 1.32 bits per heavy atom. The van der Waals surface area contributed by atoms with Crippen molar-refractivity contribution in [2.24, 2.45) is 0 Å². The third kappa shape index (κ3) is 4.53. The third-order valence-corrected chi connectivity index (χ3v) is 3.01. The molecule has 116 valence electrons. The lowest BCUT2D eigenvalue weighted by Gasteiger charge is -2.18. The van der Waals surface area contributed by atoms with E-state index in [1.807, 2.05) is 37.3 Å². The summed E-state index contributed by atoms with van der Waals surface area (Å²) in [7, 11) is 0. The van der Waals surface area contributed by atoms with Crippen LogP contribution < -0.4 is 10.6 Å². The van der Waals surface area contributed by atoms with Gasteiger partial charge in [-0.15, -0.1) is 0 Å². The molecular weight excluding hydrogens is 285 g/mol. The summed E-state index contributed by atoms with van der Waals surface area (Å²) < 4.78 is 19.0. The van der Waals surface area contributed by atoms with Gasteiger partial charge >= 0.3 is 6.03 Å². The van der Waals surface area contributed by atoms with Crippen molar-refractivity contribution in [1.82, 2.24) is 10.3 Å². The standard InChI is InChI=1S/C16H18FN3O2/c1-2-22-15(12-6-4-3-5-7-12)11-19-16(21)20-14-8-9-18-10-13(14)17/h3-10,15H,2,11H2,1H3,(H2,18,19,20,21)/t15-/m0/s1. The predicted octanol–water partition coefficient (Wildman–Crippen LogP) is 3.12. The van der Waals surface area contributed by atoms with Gasteiger partial charge in [-0.2, -0.15) is 0 Å². The Balaban J connectivity index is 1.92. The average molecular weight is 303 g/mol. The normalized spacial score (nSPS) is 11.7. The first kappa shape index (κ1) is 15.9. The molecule has 0 fully saturated rings. The zero-order valence-electron chi connectivity index (χ0n) is 12.3. The number of halogens is 1. The van der Waals surface area contributed by atoms with E-state index < -0.39 is 11.8 Å². The molecule has 0 saturated carbocycles. The van der Waals surface area contributed by atoms with E-state index in [0.717, 1.165) is 11.8 Å². The van der Waals surface area contributed by atoms with Gasteiger partial charge in [0.2, 0.25) is 0 Å². The van der Waals surface area contributed by atoms with Crippen molar-refractivity contribution < 1.29 is 13.9 Å². The minimum atomic E-state index is -0.581. The van der Waals surface area contributed by atoms with Gasteiger partial charge in [-0.1, -0.05) is 30.3 Å². The van der Waals surface area contributed by atoms with E-state index in [2.05, 4.69) is 15.6 Å². The van der Waals surface area contributed by atoms with Crippen molar-refractivity contribution in [2.45, 2.75) is 13.0 Å². The van der Waals surface area contributed by atoms with Crippen molar-refractivity contribution in [3.8, 4) is 0 Å². The maximum atomic E-state index is 13.4. The van der Waals surface area contributed by atoms with Gasteiger partial charge in [0.05, 0.1) is 18.0 Å². The first-order chi connectivity index (χ1) is 10.7. The molecule has 0 unspecified atom stereocenters. The van der Waals surface area contributed by atoms with Gasteiger partial charge in [0.15, 0.2) is 5.82 Å². The molecule has 0 aliphatic carbocycles. The van der Waals surface area contributed by atoms with E-state index >= 15 is 0 Å². The molecule has 5 nitrogen and oxygen atoms in total. The summed E-state index contributed by atoms with van der Waals surface area (Å²) >= 11 is 0. The predicted molar refractivity (Wildman–Crippen MR) is 82.0 cm³/mol. The molecule has 0 radical (unpaired) electrons. The van der Waals surface area contributed by atoms with Crippen molar-refractivity contribution in [3.63, 3.8) is 0 Å². The Bertz CT molecular complexity index is 607. The lowest BCUT2D eigenvalue weighted by Crippen LogP contribution is -2.33. The number of amides is 2. The van der Waals surface area contributed by atoms with Crippen molar-refractivity contribution >= 4 is 11.7 Å². The molecule has 2 N–H and O–H groups in total. The molecule has 2 rings (SSSR count). The highest BCUT2D eigenvalue weighted by molar-refractivity contribution is 5.89. The molecule has 1 atom stereocenters. The fourth-order valence-corrected chi connectivity index (χ4v) is 1.97. The minimum absolute atomic E-state index is 0.0835. The number of nitrogens with zero attached hydrogens (tertiary/aromatic N) is 1. The number of urea groups is 1. The molecule has 0 bridgehead atoms. The highest BCUT2D eigenvalue weighted by Gasteiger charge is 2.13. The first-order valence-corrected chi connectivity index (χ1v) is 7.01. The molecule has 2 amide bonds. The van der Waals surface area contributed by atoms with Crippen LogP contribution in [0.4, 0.5) is 14.9 Å². The van der Waals surface area contributed by atoms with E-state index in [-0.39, 0.29) is 18.3 Å². The van der Waals surface area contributed by atoms with Gasteiger partial charge in [-0.05, 0) is 18.6 Å². The van der Waals surface area contributed by atoms with Gasteiger partial charge in [0.1, 0.15) is 0 Å². The molecule has 0 aliphatic rings. The molecule has 6 heteroatoms. The monoisotopic (exact) mass is 303 g/mol. The summed E-state index contributed by atoms with van der Waals surface area (Å²) in [4.78, 5) is 15.5. The summed E-state index contributed by atoms with van der Waals surface area (Å²) in [5.41, 5.74) is 1.06. The number of carbonyl (C=O) groups excluding carboxylic acids is 1. The molecule has 0 spiro atoms. The molecule has 2 aromatic rings. The third-order valence-electron chi connectivity index (χ3n) is 3.01. The zero-order valence-corrected chi connectivity index (χ0v) is 12.3.